The molecule has 2 amide bonds. The molecule has 0 radical (unpaired) electrons. The van der Waals surface area contributed by atoms with E-state index >= 15 is 0 Å². The van der Waals surface area contributed by atoms with Crippen molar-refractivity contribution < 1.29 is 38.4 Å². The Balaban J connectivity index is 1.38. The van der Waals surface area contributed by atoms with E-state index in [1.54, 1.807) is 38.3 Å². The number of esters is 1. The topological polar surface area (TPSA) is 149 Å². The molecule has 1 aliphatic heterocycles. The summed E-state index contributed by atoms with van der Waals surface area (Å²) in [5.74, 6) is 1.20. The summed E-state index contributed by atoms with van der Waals surface area (Å²) in [6.07, 6.45) is 0.362. The van der Waals surface area contributed by atoms with E-state index in [-0.39, 0.29) is 12.2 Å². The van der Waals surface area contributed by atoms with Crippen LogP contribution in [0.3, 0.4) is 0 Å². The van der Waals surface area contributed by atoms with Crippen molar-refractivity contribution in [2.24, 2.45) is 5.10 Å². The first kappa shape index (κ1) is 34.6. The van der Waals surface area contributed by atoms with Crippen LogP contribution in [0.5, 0.6) is 23.0 Å². The number of rotatable bonds is 14. The van der Waals surface area contributed by atoms with Gasteiger partial charge in [0.1, 0.15) is 13.2 Å². The Morgan fingerprint density at radius 2 is 1.80 bits per heavy atom. The first-order chi connectivity index (χ1) is 22.1. The fraction of sp³-hybridized carbons (Fsp3) is 0.281. The number of amides is 2. The van der Waals surface area contributed by atoms with Crippen molar-refractivity contribution in [3.05, 3.63) is 91.5 Å². The van der Waals surface area contributed by atoms with Crippen molar-refractivity contribution in [1.29, 1.82) is 0 Å². The Labute approximate surface area is 283 Å². The number of hydrogen-bond donors (Lipinski definition) is 4. The fourth-order valence-electron chi connectivity index (χ4n) is 4.51. The number of ether oxygens (including phenoxy) is 5. The molecule has 3 aromatic carbocycles. The Bertz CT molecular complexity index is 1610. The van der Waals surface area contributed by atoms with Gasteiger partial charge >= 0.3 is 12.0 Å². The van der Waals surface area contributed by atoms with Gasteiger partial charge in [-0.2, -0.15) is 5.10 Å². The third kappa shape index (κ3) is 8.92. The van der Waals surface area contributed by atoms with Gasteiger partial charge in [-0.3, -0.25) is 5.43 Å². The summed E-state index contributed by atoms with van der Waals surface area (Å²) in [6.45, 7) is 3.96. The third-order valence-electron chi connectivity index (χ3n) is 6.66. The van der Waals surface area contributed by atoms with Gasteiger partial charge in [0.25, 0.3) is 0 Å². The molecule has 0 fully saturated rings. The first-order valence-electron chi connectivity index (χ1n) is 14.1. The number of urea groups is 1. The molecule has 46 heavy (non-hydrogen) atoms. The van der Waals surface area contributed by atoms with Crippen LogP contribution in [-0.2, 0) is 16.1 Å². The number of nitrogens with zero attached hydrogens (tertiary/aromatic N) is 1. The Kier molecular flexibility index (Phi) is 12.3. The molecule has 0 aromatic heterocycles. The van der Waals surface area contributed by atoms with Gasteiger partial charge in [-0.15, -0.1) is 0 Å². The summed E-state index contributed by atoms with van der Waals surface area (Å²) in [6, 6.07) is 15.2. The van der Waals surface area contributed by atoms with Gasteiger partial charge in [-0.05, 0) is 82.9 Å². The molecule has 2 atom stereocenters. The number of allylic oxidation sites excluding steroid dienone is 1. The smallest absolute Gasteiger partial charge is 0.337 e. The largest absolute Gasteiger partial charge is 0.493 e. The van der Waals surface area contributed by atoms with Crippen molar-refractivity contribution in [1.82, 2.24) is 16.1 Å². The SMILES string of the molecule is CCOc1cc([C@H]2NC(=O)NC(C)=C2C(=O)OC)ccc1OC[C@H](O)N/N=C\c1cc(Br)c(OCc2ccc(Br)cc2)c(OC)c1. The zero-order valence-electron chi connectivity index (χ0n) is 25.6. The van der Waals surface area contributed by atoms with Crippen LogP contribution in [0.15, 0.2) is 79.9 Å². The van der Waals surface area contributed by atoms with Gasteiger partial charge in [0, 0.05) is 10.2 Å². The van der Waals surface area contributed by atoms with E-state index in [1.807, 2.05) is 37.3 Å². The minimum absolute atomic E-state index is 0.164. The molecule has 0 unspecified atom stereocenters. The van der Waals surface area contributed by atoms with Crippen molar-refractivity contribution in [2.75, 3.05) is 27.4 Å². The Morgan fingerprint density at radius 1 is 1.04 bits per heavy atom. The molecule has 0 bridgehead atoms. The molecule has 14 heteroatoms. The molecule has 0 spiro atoms. The Hall–Kier alpha value is -4.27. The second kappa shape index (κ2) is 16.3. The van der Waals surface area contributed by atoms with Crippen molar-refractivity contribution >= 4 is 50.1 Å². The lowest BCUT2D eigenvalue weighted by molar-refractivity contribution is -0.136. The zero-order valence-corrected chi connectivity index (χ0v) is 28.7. The number of aliphatic hydroxyl groups is 1. The van der Waals surface area contributed by atoms with Crippen LogP contribution in [0.1, 0.15) is 36.6 Å². The number of aliphatic hydroxyl groups excluding tert-OH is 1. The van der Waals surface area contributed by atoms with Gasteiger partial charge in [-0.1, -0.05) is 34.1 Å². The summed E-state index contributed by atoms with van der Waals surface area (Å²) in [7, 11) is 2.83. The predicted molar refractivity (Wildman–Crippen MR) is 178 cm³/mol. The molecular formula is C32H34Br2N4O8. The number of nitrogens with one attached hydrogen (secondary N) is 3. The quantitative estimate of drug-likeness (QED) is 0.0742. The molecule has 3 aromatic rings. The number of methoxy groups -OCH3 is 2. The number of benzene rings is 3. The van der Waals surface area contributed by atoms with Crippen LogP contribution < -0.4 is 35.0 Å². The van der Waals surface area contributed by atoms with E-state index in [4.69, 9.17) is 23.7 Å². The van der Waals surface area contributed by atoms with E-state index in [2.05, 4.69) is 53.0 Å². The lowest BCUT2D eigenvalue weighted by Crippen LogP contribution is -2.45. The van der Waals surface area contributed by atoms with Crippen LogP contribution in [0.25, 0.3) is 0 Å². The highest BCUT2D eigenvalue weighted by molar-refractivity contribution is 9.10. The average Bonchev–Trinajstić information content (AvgIpc) is 3.03. The molecule has 4 rings (SSSR count). The number of hydrazone groups is 1. The van der Waals surface area contributed by atoms with Crippen molar-refractivity contribution in [2.45, 2.75) is 32.7 Å². The normalized spacial score (nSPS) is 15.1. The van der Waals surface area contributed by atoms with Crippen LogP contribution in [0.4, 0.5) is 4.79 Å². The summed E-state index contributed by atoms with van der Waals surface area (Å²) in [4.78, 5) is 24.6. The highest BCUT2D eigenvalue weighted by Gasteiger charge is 2.32. The molecule has 12 nitrogen and oxygen atoms in total. The lowest BCUT2D eigenvalue weighted by Gasteiger charge is -2.28. The number of carbonyl (C=O) groups excluding carboxylic acids is 2. The maximum atomic E-state index is 12.5. The minimum Gasteiger partial charge on any atom is -0.493 e. The highest BCUT2D eigenvalue weighted by atomic mass is 79.9. The standard InChI is InChI=1S/C32H34Br2N4O8/c1-5-44-25-14-21(29-28(31(40)43-4)18(2)36-32(41)37-29)8-11-24(25)45-17-27(39)38-35-15-20-12-23(34)30(26(13-20)42-3)46-16-19-6-9-22(33)10-7-19/h6-15,27,29,38-39H,5,16-17H2,1-4H3,(H2,36,37,41)/b35-15-/t27-,29+/m0/s1. The van der Waals surface area contributed by atoms with Gasteiger partial charge in [0.05, 0.1) is 43.1 Å². The number of carbonyl (C=O) groups is 2. The predicted octanol–water partition coefficient (Wildman–Crippen LogP) is 5.32. The summed E-state index contributed by atoms with van der Waals surface area (Å²) in [5, 5.41) is 19.9. The minimum atomic E-state index is -1.16. The maximum absolute atomic E-state index is 12.5. The van der Waals surface area contributed by atoms with Crippen LogP contribution in [0, 0.1) is 0 Å². The van der Waals surface area contributed by atoms with Crippen molar-refractivity contribution in [3.8, 4) is 23.0 Å². The first-order valence-corrected chi connectivity index (χ1v) is 15.7. The fourth-order valence-corrected chi connectivity index (χ4v) is 5.35. The molecule has 0 aliphatic carbocycles. The van der Waals surface area contributed by atoms with E-state index in [1.165, 1.54) is 13.3 Å². The van der Waals surface area contributed by atoms with Gasteiger partial charge in [0.2, 0.25) is 0 Å². The van der Waals surface area contributed by atoms with Crippen molar-refractivity contribution in [3.63, 3.8) is 0 Å². The number of halogens is 2. The third-order valence-corrected chi connectivity index (χ3v) is 7.78. The Morgan fingerprint density at radius 3 is 2.50 bits per heavy atom. The van der Waals surface area contributed by atoms with E-state index in [0.29, 0.717) is 57.5 Å². The second-order valence-electron chi connectivity index (χ2n) is 9.86. The second-order valence-corrected chi connectivity index (χ2v) is 11.6. The van der Waals surface area contributed by atoms with Crippen LogP contribution >= 0.6 is 31.9 Å². The number of hydrogen-bond acceptors (Lipinski definition) is 10. The zero-order chi connectivity index (χ0) is 33.2. The highest BCUT2D eigenvalue weighted by Crippen LogP contribution is 2.37. The summed E-state index contributed by atoms with van der Waals surface area (Å²) in [5.41, 5.74) is 5.56. The van der Waals surface area contributed by atoms with E-state index in [0.717, 1.165) is 10.0 Å². The molecule has 0 saturated carbocycles. The van der Waals surface area contributed by atoms with Gasteiger partial charge < -0.3 is 39.4 Å². The molecule has 4 N–H and O–H groups in total. The molecule has 0 saturated heterocycles. The molecular weight excluding hydrogens is 728 g/mol. The van der Waals surface area contributed by atoms with Crippen LogP contribution in [-0.4, -0.2) is 57.0 Å². The average molecular weight is 762 g/mol. The maximum Gasteiger partial charge on any atom is 0.337 e. The van der Waals surface area contributed by atoms with E-state index in [9.17, 15) is 14.7 Å². The summed E-state index contributed by atoms with van der Waals surface area (Å²) < 4.78 is 29.7. The molecule has 1 aliphatic rings. The van der Waals surface area contributed by atoms with Crippen LogP contribution in [0.2, 0.25) is 0 Å². The molecule has 1 heterocycles. The van der Waals surface area contributed by atoms with Gasteiger partial charge in [-0.25, -0.2) is 9.59 Å². The lowest BCUT2D eigenvalue weighted by atomic mass is 9.95. The monoisotopic (exact) mass is 760 g/mol. The van der Waals surface area contributed by atoms with E-state index < -0.39 is 24.3 Å². The molecule has 244 valence electrons. The summed E-state index contributed by atoms with van der Waals surface area (Å²) >= 11 is 6.97. The van der Waals surface area contributed by atoms with Gasteiger partial charge in [0.15, 0.2) is 29.2 Å².